The van der Waals surface area contributed by atoms with Crippen LogP contribution in [-0.4, -0.2) is 28.4 Å². The van der Waals surface area contributed by atoms with Crippen LogP contribution in [0.2, 0.25) is 0 Å². The van der Waals surface area contributed by atoms with Crippen LogP contribution in [0.1, 0.15) is 73.9 Å². The number of carbonyl (C=O) groups is 1. The molecule has 0 aromatic heterocycles. The van der Waals surface area contributed by atoms with Crippen molar-refractivity contribution in [1.29, 1.82) is 0 Å². The van der Waals surface area contributed by atoms with Gasteiger partial charge in [-0.15, -0.1) is 0 Å². The van der Waals surface area contributed by atoms with Gasteiger partial charge in [-0.3, -0.25) is 9.69 Å². The number of benzene rings is 2. The van der Waals surface area contributed by atoms with E-state index in [1.54, 1.807) is 4.90 Å². The van der Waals surface area contributed by atoms with E-state index in [4.69, 9.17) is 0 Å². The maximum absolute atomic E-state index is 16.0. The third kappa shape index (κ3) is 6.40. The molecule has 0 radical (unpaired) electrons. The van der Waals surface area contributed by atoms with Crippen LogP contribution in [0.25, 0.3) is 0 Å². The van der Waals surface area contributed by atoms with Gasteiger partial charge in [-0.1, -0.05) is 55.8 Å². The van der Waals surface area contributed by atoms with E-state index >= 15 is 8.78 Å². The van der Waals surface area contributed by atoms with Crippen molar-refractivity contribution < 1.29 is 31.9 Å². The highest BCUT2D eigenvalue weighted by Crippen LogP contribution is 2.51. The van der Waals surface area contributed by atoms with Gasteiger partial charge in [0.15, 0.2) is 0 Å². The lowest BCUT2D eigenvalue weighted by molar-refractivity contribution is -0.177. The second-order valence-corrected chi connectivity index (χ2v) is 9.92. The van der Waals surface area contributed by atoms with Gasteiger partial charge in [0.25, 0.3) is 5.92 Å². The van der Waals surface area contributed by atoms with Gasteiger partial charge in [-0.2, -0.15) is 13.2 Å². The smallest absolute Gasteiger partial charge is 0.416 e. The molecule has 2 aromatic rings. The summed E-state index contributed by atoms with van der Waals surface area (Å²) in [4.78, 5) is 13.0. The first kappa shape index (κ1) is 27.1. The monoisotopic (exact) mass is 497 g/mol. The summed E-state index contributed by atoms with van der Waals surface area (Å²) in [7, 11) is 0. The van der Waals surface area contributed by atoms with Crippen molar-refractivity contribution in [2.75, 3.05) is 6.54 Å². The molecule has 3 rings (SSSR count). The van der Waals surface area contributed by atoms with Crippen LogP contribution >= 0.6 is 0 Å². The first-order valence-corrected chi connectivity index (χ1v) is 11.9. The molecule has 192 valence electrons. The molecule has 1 aliphatic heterocycles. The van der Waals surface area contributed by atoms with Gasteiger partial charge in [0.05, 0.1) is 12.0 Å². The van der Waals surface area contributed by atoms with Crippen LogP contribution < -0.4 is 0 Å². The number of carboxylic acids is 1. The highest BCUT2D eigenvalue weighted by Gasteiger charge is 2.55. The van der Waals surface area contributed by atoms with E-state index in [-0.39, 0.29) is 24.6 Å². The van der Waals surface area contributed by atoms with Gasteiger partial charge >= 0.3 is 12.1 Å². The molecule has 0 bridgehead atoms. The molecular formula is C27H32F5NO2. The third-order valence-electron chi connectivity index (χ3n) is 6.83. The van der Waals surface area contributed by atoms with Crippen molar-refractivity contribution in [3.8, 4) is 0 Å². The Balaban J connectivity index is 2.09. The van der Waals surface area contributed by atoms with E-state index in [9.17, 15) is 23.1 Å². The molecule has 35 heavy (non-hydrogen) atoms. The van der Waals surface area contributed by atoms with Gasteiger partial charge in [0, 0.05) is 18.5 Å². The number of nitrogens with zero attached hydrogens (tertiary/aromatic N) is 1. The molecule has 1 saturated heterocycles. The van der Waals surface area contributed by atoms with Crippen molar-refractivity contribution in [3.63, 3.8) is 0 Å². The Kier molecular flexibility index (Phi) is 8.25. The molecule has 0 spiro atoms. The second-order valence-electron chi connectivity index (χ2n) is 9.92. The van der Waals surface area contributed by atoms with Crippen molar-refractivity contribution in [2.45, 2.75) is 70.6 Å². The maximum Gasteiger partial charge on any atom is 0.416 e. The topological polar surface area (TPSA) is 40.5 Å². The molecule has 2 aromatic carbocycles. The standard InChI is InChI=1S/C27H32F5NO2/c1-17(2)4-13-23(19-7-5-18(3)6-8-19)33-15-14-22(16-24(34)35)26(28,29)25(33)20-9-11-21(12-10-20)27(30,31)32/h5-12,17,22-23,25H,4,13-16H2,1-3H3,(H,34,35)/t22-,23+,25+/m0/s1. The van der Waals surface area contributed by atoms with Crippen LogP contribution in [-0.2, 0) is 11.0 Å². The van der Waals surface area contributed by atoms with Crippen molar-refractivity contribution in [3.05, 3.63) is 70.8 Å². The number of hydrogen-bond acceptors (Lipinski definition) is 2. The highest BCUT2D eigenvalue weighted by atomic mass is 19.4. The Labute approximate surface area is 203 Å². The highest BCUT2D eigenvalue weighted by molar-refractivity contribution is 5.67. The van der Waals surface area contributed by atoms with E-state index in [0.29, 0.717) is 12.3 Å². The fourth-order valence-electron chi connectivity index (χ4n) is 4.93. The molecule has 0 aliphatic carbocycles. The Morgan fingerprint density at radius 1 is 1.06 bits per heavy atom. The molecule has 1 heterocycles. The van der Waals surface area contributed by atoms with Gasteiger partial charge < -0.3 is 5.11 Å². The Morgan fingerprint density at radius 2 is 1.66 bits per heavy atom. The van der Waals surface area contributed by atoms with Crippen LogP contribution in [0.15, 0.2) is 48.5 Å². The first-order chi connectivity index (χ1) is 16.3. The normalized spacial score (nSPS) is 21.7. The van der Waals surface area contributed by atoms with Gasteiger partial charge in [-0.05, 0) is 55.4 Å². The van der Waals surface area contributed by atoms with Crippen LogP contribution in [0.4, 0.5) is 22.0 Å². The predicted molar refractivity (Wildman–Crippen MR) is 124 cm³/mol. The third-order valence-corrected chi connectivity index (χ3v) is 6.83. The van der Waals surface area contributed by atoms with E-state index in [0.717, 1.165) is 41.8 Å². The van der Waals surface area contributed by atoms with Gasteiger partial charge in [0.2, 0.25) is 0 Å². The molecule has 3 nitrogen and oxygen atoms in total. The summed E-state index contributed by atoms with van der Waals surface area (Å²) in [6, 6.07) is 9.57. The maximum atomic E-state index is 16.0. The number of piperidine rings is 1. The molecule has 8 heteroatoms. The predicted octanol–water partition coefficient (Wildman–Crippen LogP) is 7.66. The van der Waals surface area contributed by atoms with Crippen LogP contribution in [0, 0.1) is 18.8 Å². The fourth-order valence-corrected chi connectivity index (χ4v) is 4.93. The number of aryl methyl sites for hydroxylation is 1. The van der Waals surface area contributed by atoms with Gasteiger partial charge in [0.1, 0.15) is 6.04 Å². The molecule has 0 saturated carbocycles. The minimum Gasteiger partial charge on any atom is -0.481 e. The number of alkyl halides is 5. The lowest BCUT2D eigenvalue weighted by Crippen LogP contribution is -2.52. The average Bonchev–Trinajstić information content (AvgIpc) is 2.76. The number of rotatable bonds is 8. The summed E-state index contributed by atoms with van der Waals surface area (Å²) in [5.74, 6) is -5.84. The summed E-state index contributed by atoms with van der Waals surface area (Å²) in [5, 5.41) is 9.23. The van der Waals surface area contributed by atoms with E-state index in [1.807, 2.05) is 45.0 Å². The minimum atomic E-state index is -4.58. The number of hydrogen-bond donors (Lipinski definition) is 1. The molecule has 3 atom stereocenters. The Hall–Kier alpha value is -2.48. The number of carboxylic acid groups (broad SMARTS) is 1. The molecule has 1 N–H and O–H groups in total. The minimum absolute atomic E-state index is 0.0134. The Morgan fingerprint density at radius 3 is 2.17 bits per heavy atom. The molecule has 1 fully saturated rings. The number of aliphatic carboxylic acids is 1. The zero-order chi connectivity index (χ0) is 26.0. The number of halogens is 5. The lowest BCUT2D eigenvalue weighted by Gasteiger charge is -2.49. The average molecular weight is 498 g/mol. The van der Waals surface area contributed by atoms with Crippen molar-refractivity contribution in [1.82, 2.24) is 4.90 Å². The number of likely N-dealkylation sites (tertiary alicyclic amines) is 1. The quantitative estimate of drug-likeness (QED) is 0.381. The summed E-state index contributed by atoms with van der Waals surface area (Å²) < 4.78 is 71.3. The fraction of sp³-hybridized carbons (Fsp3) is 0.519. The first-order valence-electron chi connectivity index (χ1n) is 11.9. The van der Waals surface area contributed by atoms with E-state index < -0.39 is 42.0 Å². The molecule has 1 aliphatic rings. The zero-order valence-corrected chi connectivity index (χ0v) is 20.2. The summed E-state index contributed by atoms with van der Waals surface area (Å²) in [6.45, 7) is 6.25. The second kappa shape index (κ2) is 10.6. The summed E-state index contributed by atoms with van der Waals surface area (Å²) >= 11 is 0. The van der Waals surface area contributed by atoms with Crippen molar-refractivity contribution in [2.24, 2.45) is 11.8 Å². The van der Waals surface area contributed by atoms with Gasteiger partial charge in [-0.25, -0.2) is 8.78 Å². The van der Waals surface area contributed by atoms with Crippen molar-refractivity contribution >= 4 is 5.97 Å². The lowest BCUT2D eigenvalue weighted by atomic mass is 9.79. The molecule has 0 unspecified atom stereocenters. The largest absolute Gasteiger partial charge is 0.481 e. The molecular weight excluding hydrogens is 465 g/mol. The van der Waals surface area contributed by atoms with Crippen LogP contribution in [0.5, 0.6) is 0 Å². The summed E-state index contributed by atoms with van der Waals surface area (Å²) in [6.07, 6.45) is -3.92. The van der Waals surface area contributed by atoms with E-state index in [1.165, 1.54) is 0 Å². The SMILES string of the molecule is Cc1ccc([C@@H](CCC(C)C)N2CC[C@@H](CC(=O)O)C(F)(F)[C@H]2c2ccc(C(F)(F)F)cc2)cc1. The molecule has 0 amide bonds. The van der Waals surface area contributed by atoms with E-state index in [2.05, 4.69) is 0 Å². The summed E-state index contributed by atoms with van der Waals surface area (Å²) in [5.41, 5.74) is 1.03. The zero-order valence-electron chi connectivity index (χ0n) is 20.2. The Bertz CT molecular complexity index is 986. The van der Waals surface area contributed by atoms with Crippen LogP contribution in [0.3, 0.4) is 0 Å².